The number of amides is 1. The van der Waals surface area contributed by atoms with E-state index in [0.29, 0.717) is 12.3 Å². The number of benzene rings is 1. The molecular formula is C18H25NO4S2. The topological polar surface area (TPSA) is 55.8 Å². The normalized spacial score (nSPS) is 12.2. The lowest BCUT2D eigenvalue weighted by Crippen LogP contribution is -2.40. The lowest BCUT2D eigenvalue weighted by Gasteiger charge is -2.28. The van der Waals surface area contributed by atoms with Crippen molar-refractivity contribution in [3.63, 3.8) is 0 Å². The second-order valence-electron chi connectivity index (χ2n) is 6.38. The molecule has 1 aromatic carbocycles. The Morgan fingerprint density at radius 3 is 2.40 bits per heavy atom. The fraction of sp³-hybridized carbons (Fsp3) is 0.500. The maximum absolute atomic E-state index is 12.7. The number of hydrogen-bond donors (Lipinski definition) is 0. The number of thioether (sulfide) groups is 1. The van der Waals surface area contributed by atoms with Gasteiger partial charge in [-0.05, 0) is 53.2 Å². The minimum Gasteiger partial charge on any atom is -0.465 e. The van der Waals surface area contributed by atoms with Crippen molar-refractivity contribution in [2.45, 2.75) is 52.4 Å². The van der Waals surface area contributed by atoms with Gasteiger partial charge >= 0.3 is 12.1 Å². The van der Waals surface area contributed by atoms with Crippen LogP contribution in [-0.4, -0.2) is 33.8 Å². The van der Waals surface area contributed by atoms with E-state index in [1.807, 2.05) is 25.1 Å². The molecule has 0 saturated carbocycles. The van der Waals surface area contributed by atoms with Gasteiger partial charge in [-0.25, -0.2) is 9.69 Å². The second-order valence-corrected chi connectivity index (χ2v) is 8.35. The van der Waals surface area contributed by atoms with E-state index >= 15 is 0 Å². The zero-order valence-electron chi connectivity index (χ0n) is 15.5. The Morgan fingerprint density at radius 2 is 1.88 bits per heavy atom. The molecule has 138 valence electrons. The van der Waals surface area contributed by atoms with E-state index in [1.54, 1.807) is 40.7 Å². The number of carbonyl (C=O) groups excluding carboxylic acids is 2. The number of hydrogen-bond acceptors (Lipinski definition) is 6. The first kappa shape index (κ1) is 21.4. The Morgan fingerprint density at radius 1 is 1.28 bits per heavy atom. The molecule has 0 aliphatic heterocycles. The zero-order chi connectivity index (χ0) is 19.2. The quantitative estimate of drug-likeness (QED) is 0.554. The Balaban J connectivity index is 3.10. The van der Waals surface area contributed by atoms with Crippen LogP contribution < -0.4 is 4.90 Å². The van der Waals surface area contributed by atoms with E-state index in [-0.39, 0.29) is 10.3 Å². The fourth-order valence-corrected chi connectivity index (χ4v) is 3.26. The van der Waals surface area contributed by atoms with Gasteiger partial charge in [-0.1, -0.05) is 42.2 Å². The van der Waals surface area contributed by atoms with Crippen molar-refractivity contribution in [1.29, 1.82) is 0 Å². The molecule has 1 atom stereocenters. The highest BCUT2D eigenvalue weighted by Gasteiger charge is 2.30. The van der Waals surface area contributed by atoms with Crippen molar-refractivity contribution in [2.75, 3.05) is 11.5 Å². The fourth-order valence-electron chi connectivity index (χ4n) is 1.90. The maximum atomic E-state index is 12.7. The summed E-state index contributed by atoms with van der Waals surface area (Å²) in [5.74, 6) is -0.372. The number of para-hydroxylation sites is 1. The van der Waals surface area contributed by atoms with Crippen molar-refractivity contribution in [1.82, 2.24) is 0 Å². The van der Waals surface area contributed by atoms with Gasteiger partial charge in [-0.2, -0.15) is 0 Å². The highest BCUT2D eigenvalue weighted by molar-refractivity contribution is 8.24. The Bertz CT molecular complexity index is 640. The number of esters is 1. The number of carbonyl (C=O) groups is 2. The van der Waals surface area contributed by atoms with Crippen molar-refractivity contribution in [3.05, 3.63) is 29.8 Å². The molecule has 0 aliphatic carbocycles. The van der Waals surface area contributed by atoms with Crippen molar-refractivity contribution in [3.8, 4) is 0 Å². The average Bonchev–Trinajstić information content (AvgIpc) is 2.47. The van der Waals surface area contributed by atoms with E-state index in [4.69, 9.17) is 21.7 Å². The molecule has 0 fully saturated rings. The van der Waals surface area contributed by atoms with Crippen LogP contribution in [0.1, 0.15) is 40.2 Å². The van der Waals surface area contributed by atoms with Crippen LogP contribution in [0.15, 0.2) is 24.3 Å². The second kappa shape index (κ2) is 9.20. The number of nitrogens with zero attached hydrogens (tertiary/aromatic N) is 1. The first-order chi connectivity index (χ1) is 11.6. The Kier molecular flexibility index (Phi) is 7.89. The molecule has 0 N–H and O–H groups in total. The lowest BCUT2D eigenvalue weighted by molar-refractivity contribution is -0.142. The molecule has 7 heteroatoms. The van der Waals surface area contributed by atoms with Crippen LogP contribution in [-0.2, 0) is 14.3 Å². The number of aryl methyl sites for hydroxylation is 1. The third-order valence-electron chi connectivity index (χ3n) is 3.01. The average molecular weight is 384 g/mol. The molecule has 1 amide bonds. The highest BCUT2D eigenvalue weighted by Crippen LogP contribution is 2.28. The van der Waals surface area contributed by atoms with E-state index < -0.39 is 16.9 Å². The molecular weight excluding hydrogens is 358 g/mol. The van der Waals surface area contributed by atoms with E-state index in [1.165, 1.54) is 4.90 Å². The summed E-state index contributed by atoms with van der Waals surface area (Å²) in [5.41, 5.74) is 0.843. The third kappa shape index (κ3) is 6.66. The van der Waals surface area contributed by atoms with Crippen LogP contribution in [0.2, 0.25) is 0 Å². The standard InChI is InChI=1S/C18H25NO4S2/c1-7-22-15(20)13(3)25-17(24)19(16(21)23-18(4,5)6)14-11-9-8-10-12(14)2/h8-11,13H,7H2,1-6H3. The van der Waals surface area contributed by atoms with Crippen LogP contribution in [0.5, 0.6) is 0 Å². The third-order valence-corrected chi connectivity index (χ3v) is 4.41. The molecule has 25 heavy (non-hydrogen) atoms. The van der Waals surface area contributed by atoms with E-state index in [0.717, 1.165) is 17.3 Å². The number of ether oxygens (including phenoxy) is 2. The SMILES string of the molecule is CCOC(=O)C(C)SC(=S)N(C(=O)OC(C)(C)C)c1ccccc1C. The molecule has 1 unspecified atom stereocenters. The van der Waals surface area contributed by atoms with Crippen LogP contribution in [0.3, 0.4) is 0 Å². The van der Waals surface area contributed by atoms with Gasteiger partial charge in [-0.15, -0.1) is 0 Å². The van der Waals surface area contributed by atoms with Gasteiger partial charge in [-0.3, -0.25) is 4.79 Å². The predicted molar refractivity (Wildman–Crippen MR) is 106 cm³/mol. The Labute approximate surface area is 159 Å². The summed E-state index contributed by atoms with van der Waals surface area (Å²) >= 11 is 6.54. The highest BCUT2D eigenvalue weighted by atomic mass is 32.2. The number of anilines is 1. The maximum Gasteiger partial charge on any atom is 0.420 e. The van der Waals surface area contributed by atoms with Gasteiger partial charge in [0.1, 0.15) is 10.9 Å². The van der Waals surface area contributed by atoms with Crippen molar-refractivity contribution in [2.24, 2.45) is 0 Å². The molecule has 0 bridgehead atoms. The van der Waals surface area contributed by atoms with Crippen LogP contribution in [0.25, 0.3) is 0 Å². The van der Waals surface area contributed by atoms with Gasteiger partial charge < -0.3 is 9.47 Å². The summed E-state index contributed by atoms with van der Waals surface area (Å²) in [7, 11) is 0. The van der Waals surface area contributed by atoms with Crippen molar-refractivity contribution < 1.29 is 19.1 Å². The van der Waals surface area contributed by atoms with Crippen LogP contribution in [0, 0.1) is 6.92 Å². The van der Waals surface area contributed by atoms with Crippen molar-refractivity contribution >= 4 is 46.1 Å². The molecule has 0 aliphatic rings. The van der Waals surface area contributed by atoms with Gasteiger partial charge in [0.15, 0.2) is 4.32 Å². The lowest BCUT2D eigenvalue weighted by atomic mass is 10.2. The molecule has 0 aromatic heterocycles. The summed E-state index contributed by atoms with van der Waals surface area (Å²) in [6.45, 7) is 11.0. The van der Waals surface area contributed by atoms with Crippen LogP contribution in [0.4, 0.5) is 10.5 Å². The first-order valence-corrected chi connectivity index (χ1v) is 9.31. The molecule has 1 aromatic rings. The summed E-state index contributed by atoms with van der Waals surface area (Å²) in [5, 5.41) is -0.526. The first-order valence-electron chi connectivity index (χ1n) is 8.02. The number of rotatable bonds is 4. The molecule has 5 nitrogen and oxygen atoms in total. The largest absolute Gasteiger partial charge is 0.465 e. The summed E-state index contributed by atoms with van der Waals surface area (Å²) in [6.07, 6.45) is -0.574. The van der Waals surface area contributed by atoms with Gasteiger partial charge in [0.25, 0.3) is 0 Å². The predicted octanol–water partition coefficient (Wildman–Crippen LogP) is 4.71. The smallest absolute Gasteiger partial charge is 0.420 e. The molecule has 0 saturated heterocycles. The summed E-state index contributed by atoms with van der Waals surface area (Å²) in [6, 6.07) is 7.38. The molecule has 0 heterocycles. The summed E-state index contributed by atoms with van der Waals surface area (Å²) in [4.78, 5) is 25.9. The zero-order valence-corrected chi connectivity index (χ0v) is 17.1. The van der Waals surface area contributed by atoms with Crippen LogP contribution >= 0.6 is 24.0 Å². The molecule has 0 radical (unpaired) electrons. The van der Waals surface area contributed by atoms with Gasteiger partial charge in [0, 0.05) is 0 Å². The Hall–Kier alpha value is -1.60. The molecule has 0 spiro atoms. The minimum atomic E-state index is -0.662. The van der Waals surface area contributed by atoms with E-state index in [2.05, 4.69) is 0 Å². The monoisotopic (exact) mass is 383 g/mol. The number of thiocarbonyl (C=S) groups is 1. The van der Waals surface area contributed by atoms with Gasteiger partial charge in [0.2, 0.25) is 0 Å². The van der Waals surface area contributed by atoms with E-state index in [9.17, 15) is 9.59 Å². The summed E-state index contributed by atoms with van der Waals surface area (Å²) < 4.78 is 10.7. The minimum absolute atomic E-state index is 0.240. The van der Waals surface area contributed by atoms with Gasteiger partial charge in [0.05, 0.1) is 12.3 Å². The molecule has 1 rings (SSSR count).